The molecule has 3 aromatic heterocycles. The molecule has 3 heterocycles. The zero-order valence-electron chi connectivity index (χ0n) is 12.9. The zero-order chi connectivity index (χ0) is 16.8. The van der Waals surface area contributed by atoms with Crippen LogP contribution in [0.2, 0.25) is 0 Å². The Labute approximate surface area is 141 Å². The lowest BCUT2D eigenvalue weighted by Crippen LogP contribution is -1.99. The molecule has 7 heteroatoms. The fourth-order valence-corrected chi connectivity index (χ4v) is 2.88. The molecule has 120 valence electrons. The molecule has 0 fully saturated rings. The minimum absolute atomic E-state index is 0.291. The van der Waals surface area contributed by atoms with Crippen LogP contribution >= 0.6 is 0 Å². The van der Waals surface area contributed by atoms with Crippen molar-refractivity contribution in [3.63, 3.8) is 0 Å². The van der Waals surface area contributed by atoms with Gasteiger partial charge in [0.1, 0.15) is 12.1 Å². The number of rotatable bonds is 2. The summed E-state index contributed by atoms with van der Waals surface area (Å²) >= 11 is 0. The van der Waals surface area contributed by atoms with E-state index in [1.807, 2.05) is 34.7 Å². The van der Waals surface area contributed by atoms with E-state index in [2.05, 4.69) is 20.3 Å². The quantitative estimate of drug-likeness (QED) is 0.498. The van der Waals surface area contributed by atoms with Crippen LogP contribution in [0.25, 0.3) is 33.8 Å². The minimum Gasteiger partial charge on any atom is -0.265 e. The van der Waals surface area contributed by atoms with Crippen LogP contribution in [0, 0.1) is 5.82 Å². The highest BCUT2D eigenvalue weighted by molar-refractivity contribution is 5.90. The minimum atomic E-state index is -0.291. The van der Waals surface area contributed by atoms with Crippen LogP contribution in [0.1, 0.15) is 0 Å². The number of nitrogens with zero attached hydrogens (tertiary/aromatic N) is 6. The number of aromatic nitrogens is 6. The Balaban J connectivity index is 1.73. The van der Waals surface area contributed by atoms with Crippen LogP contribution < -0.4 is 0 Å². The number of benzene rings is 2. The lowest BCUT2D eigenvalue weighted by Gasteiger charge is -2.03. The molecule has 0 amide bonds. The van der Waals surface area contributed by atoms with Gasteiger partial charge in [0.25, 0.3) is 0 Å². The number of fused-ring (bicyclic) bond motifs is 3. The molecule has 5 aromatic rings. The monoisotopic (exact) mass is 330 g/mol. The summed E-state index contributed by atoms with van der Waals surface area (Å²) in [6.07, 6.45) is 3.38. The molecule has 25 heavy (non-hydrogen) atoms. The first-order chi connectivity index (χ1) is 12.3. The van der Waals surface area contributed by atoms with Crippen molar-refractivity contribution in [2.45, 2.75) is 0 Å². The van der Waals surface area contributed by atoms with Crippen LogP contribution in [0.4, 0.5) is 4.39 Å². The van der Waals surface area contributed by atoms with Crippen LogP contribution in [-0.2, 0) is 0 Å². The van der Waals surface area contributed by atoms with Gasteiger partial charge in [0, 0.05) is 5.56 Å². The van der Waals surface area contributed by atoms with Crippen LogP contribution in [0.3, 0.4) is 0 Å². The Morgan fingerprint density at radius 3 is 2.44 bits per heavy atom. The van der Waals surface area contributed by atoms with E-state index in [9.17, 15) is 4.39 Å². The Bertz CT molecular complexity index is 1190. The summed E-state index contributed by atoms with van der Waals surface area (Å²) in [7, 11) is 0. The molecule has 0 aliphatic rings. The molecule has 2 aromatic carbocycles. The van der Waals surface area contributed by atoms with E-state index in [0.29, 0.717) is 11.3 Å². The molecule has 0 bridgehead atoms. The Hall–Kier alpha value is -3.61. The largest absolute Gasteiger partial charge is 0.265 e. The third kappa shape index (κ3) is 2.09. The van der Waals surface area contributed by atoms with E-state index in [1.54, 1.807) is 29.3 Å². The van der Waals surface area contributed by atoms with Crippen LogP contribution in [0.5, 0.6) is 0 Å². The highest BCUT2D eigenvalue weighted by atomic mass is 19.1. The van der Waals surface area contributed by atoms with Crippen molar-refractivity contribution in [2.75, 3.05) is 0 Å². The molecular formula is C18H11FN6. The molecule has 0 radical (unpaired) electrons. The van der Waals surface area contributed by atoms with E-state index in [1.165, 1.54) is 12.1 Å². The standard InChI is InChI=1S/C18H11FN6/c19-13-6-8-14(9-7-13)25-17-15(10-21-25)18-23-22-16(24(18)11-20-17)12-4-2-1-3-5-12/h1-11H. The summed E-state index contributed by atoms with van der Waals surface area (Å²) in [4.78, 5) is 4.52. The summed E-state index contributed by atoms with van der Waals surface area (Å²) < 4.78 is 16.6. The fraction of sp³-hybridized carbons (Fsp3) is 0. The topological polar surface area (TPSA) is 60.9 Å². The molecular weight excluding hydrogens is 319 g/mol. The van der Waals surface area contributed by atoms with E-state index in [0.717, 1.165) is 22.5 Å². The molecule has 0 saturated carbocycles. The van der Waals surface area contributed by atoms with Crippen molar-refractivity contribution < 1.29 is 4.39 Å². The molecule has 0 saturated heterocycles. The molecule has 0 unspecified atom stereocenters. The van der Waals surface area contributed by atoms with E-state index in [4.69, 9.17) is 0 Å². The van der Waals surface area contributed by atoms with Crippen molar-refractivity contribution in [1.82, 2.24) is 29.4 Å². The summed E-state index contributed by atoms with van der Waals surface area (Å²) in [5.41, 5.74) is 3.02. The van der Waals surface area contributed by atoms with Gasteiger partial charge in [-0.2, -0.15) is 5.10 Å². The average molecular weight is 330 g/mol. The predicted molar refractivity (Wildman–Crippen MR) is 90.8 cm³/mol. The van der Waals surface area contributed by atoms with E-state index in [-0.39, 0.29) is 5.82 Å². The molecule has 0 N–H and O–H groups in total. The maximum absolute atomic E-state index is 13.1. The van der Waals surface area contributed by atoms with Gasteiger partial charge in [0.15, 0.2) is 17.1 Å². The molecule has 0 aliphatic heterocycles. The summed E-state index contributed by atoms with van der Waals surface area (Å²) in [5.74, 6) is 0.431. The van der Waals surface area contributed by atoms with Gasteiger partial charge in [0.2, 0.25) is 0 Å². The summed E-state index contributed by atoms with van der Waals surface area (Å²) in [5, 5.41) is 13.8. The Kier molecular flexibility index (Phi) is 2.87. The van der Waals surface area contributed by atoms with Crippen molar-refractivity contribution in [3.8, 4) is 17.1 Å². The van der Waals surface area contributed by atoms with Gasteiger partial charge >= 0.3 is 0 Å². The SMILES string of the molecule is Fc1ccc(-n2ncc3c2ncn2c(-c4ccccc4)nnc32)cc1. The van der Waals surface area contributed by atoms with Gasteiger partial charge in [-0.05, 0) is 24.3 Å². The van der Waals surface area contributed by atoms with Crippen molar-refractivity contribution in [2.24, 2.45) is 0 Å². The van der Waals surface area contributed by atoms with Crippen molar-refractivity contribution in [3.05, 3.63) is 72.9 Å². The van der Waals surface area contributed by atoms with Crippen LogP contribution in [0.15, 0.2) is 67.1 Å². The molecule has 5 rings (SSSR count). The van der Waals surface area contributed by atoms with Crippen molar-refractivity contribution in [1.29, 1.82) is 0 Å². The first-order valence-corrected chi connectivity index (χ1v) is 7.70. The predicted octanol–water partition coefficient (Wildman–Crippen LogP) is 3.27. The lowest BCUT2D eigenvalue weighted by atomic mass is 10.2. The van der Waals surface area contributed by atoms with Gasteiger partial charge in [-0.25, -0.2) is 14.1 Å². The fourth-order valence-electron chi connectivity index (χ4n) is 2.88. The molecule has 0 spiro atoms. The Morgan fingerprint density at radius 2 is 1.64 bits per heavy atom. The smallest absolute Gasteiger partial charge is 0.175 e. The summed E-state index contributed by atoms with van der Waals surface area (Å²) in [6.45, 7) is 0. The maximum atomic E-state index is 13.1. The average Bonchev–Trinajstić information content (AvgIpc) is 3.27. The maximum Gasteiger partial charge on any atom is 0.175 e. The van der Waals surface area contributed by atoms with Gasteiger partial charge in [-0.15, -0.1) is 10.2 Å². The Morgan fingerprint density at radius 1 is 0.840 bits per heavy atom. The van der Waals surface area contributed by atoms with Crippen LogP contribution in [-0.4, -0.2) is 29.4 Å². The van der Waals surface area contributed by atoms with Gasteiger partial charge in [-0.3, -0.25) is 4.40 Å². The molecule has 6 nitrogen and oxygen atoms in total. The van der Waals surface area contributed by atoms with Gasteiger partial charge in [-0.1, -0.05) is 30.3 Å². The second-order valence-electron chi connectivity index (χ2n) is 5.60. The highest BCUT2D eigenvalue weighted by Gasteiger charge is 2.15. The summed E-state index contributed by atoms with van der Waals surface area (Å²) in [6, 6.07) is 15.9. The van der Waals surface area contributed by atoms with E-state index < -0.39 is 0 Å². The lowest BCUT2D eigenvalue weighted by molar-refractivity contribution is 0.627. The third-order valence-electron chi connectivity index (χ3n) is 4.08. The normalized spacial score (nSPS) is 11.4. The van der Waals surface area contributed by atoms with E-state index >= 15 is 0 Å². The number of hydrogen-bond acceptors (Lipinski definition) is 4. The second kappa shape index (κ2) is 5.20. The number of hydrogen-bond donors (Lipinski definition) is 0. The second-order valence-corrected chi connectivity index (χ2v) is 5.60. The van der Waals surface area contributed by atoms with Gasteiger partial charge in [0.05, 0.1) is 17.3 Å². The number of halogens is 1. The highest BCUT2D eigenvalue weighted by Crippen LogP contribution is 2.23. The first kappa shape index (κ1) is 13.8. The molecule has 0 atom stereocenters. The van der Waals surface area contributed by atoms with Crippen molar-refractivity contribution >= 4 is 16.7 Å². The van der Waals surface area contributed by atoms with Gasteiger partial charge < -0.3 is 0 Å². The molecule has 0 aliphatic carbocycles. The third-order valence-corrected chi connectivity index (χ3v) is 4.08. The zero-order valence-corrected chi connectivity index (χ0v) is 12.9. The first-order valence-electron chi connectivity index (χ1n) is 7.70.